The second kappa shape index (κ2) is 4.34. The van der Waals surface area contributed by atoms with Crippen LogP contribution in [0.3, 0.4) is 0 Å². The first-order valence-electron chi connectivity index (χ1n) is 5.85. The number of pyridine rings is 1. The molecule has 0 saturated heterocycles. The maximum atomic E-state index is 4.64. The molecule has 0 saturated carbocycles. The van der Waals surface area contributed by atoms with E-state index in [1.165, 1.54) is 16.8 Å². The van der Waals surface area contributed by atoms with Crippen LogP contribution in [0.25, 0.3) is 0 Å². The van der Waals surface area contributed by atoms with Gasteiger partial charge in [-0.25, -0.2) is 0 Å². The lowest BCUT2D eigenvalue weighted by Crippen LogP contribution is -2.17. The summed E-state index contributed by atoms with van der Waals surface area (Å²) >= 11 is 0. The highest BCUT2D eigenvalue weighted by atomic mass is 14.7. The summed E-state index contributed by atoms with van der Waals surface area (Å²) < 4.78 is 0. The summed E-state index contributed by atoms with van der Waals surface area (Å²) in [6.07, 6.45) is 3.10. The van der Waals surface area contributed by atoms with Gasteiger partial charge in [0, 0.05) is 17.3 Å². The first-order valence-corrected chi connectivity index (χ1v) is 5.85. The predicted molar refractivity (Wildman–Crippen MR) is 66.4 cm³/mol. The van der Waals surface area contributed by atoms with Crippen LogP contribution in [-0.2, 0) is 11.8 Å². The van der Waals surface area contributed by atoms with E-state index in [9.17, 15) is 0 Å². The van der Waals surface area contributed by atoms with Crippen molar-refractivity contribution < 1.29 is 0 Å². The molecule has 0 radical (unpaired) electrons. The minimum Gasteiger partial charge on any atom is -0.260 e. The van der Waals surface area contributed by atoms with E-state index in [-0.39, 0.29) is 5.41 Å². The third-order valence-electron chi connectivity index (χ3n) is 2.75. The number of aromatic nitrogens is 1. The van der Waals surface area contributed by atoms with Crippen molar-refractivity contribution in [1.82, 2.24) is 4.98 Å². The van der Waals surface area contributed by atoms with E-state index in [0.717, 1.165) is 6.42 Å². The summed E-state index contributed by atoms with van der Waals surface area (Å²) in [4.78, 5) is 4.64. The van der Waals surface area contributed by atoms with E-state index in [1.807, 2.05) is 6.20 Å². The molecule has 0 spiro atoms. The molecule has 0 bridgehead atoms. The Bertz CT molecular complexity index is 332. The topological polar surface area (TPSA) is 12.9 Å². The molecule has 1 heterocycles. The van der Waals surface area contributed by atoms with E-state index in [4.69, 9.17) is 0 Å². The number of aryl methyl sites for hydroxylation is 1. The van der Waals surface area contributed by atoms with Crippen molar-refractivity contribution in [2.45, 2.75) is 59.3 Å². The van der Waals surface area contributed by atoms with Crippen molar-refractivity contribution in [3.63, 3.8) is 0 Å². The Labute approximate surface area is 93.9 Å². The fourth-order valence-corrected chi connectivity index (χ4v) is 1.79. The summed E-state index contributed by atoms with van der Waals surface area (Å²) in [6.45, 7) is 13.3. The Morgan fingerprint density at radius 2 is 1.87 bits per heavy atom. The van der Waals surface area contributed by atoms with Gasteiger partial charge in [-0.05, 0) is 23.5 Å². The minimum atomic E-state index is 0.154. The SMILES string of the molecule is CCc1cc(C(C)C)cnc1C(C)(C)C. The number of hydrogen-bond donors (Lipinski definition) is 0. The largest absolute Gasteiger partial charge is 0.260 e. The highest BCUT2D eigenvalue weighted by Crippen LogP contribution is 2.26. The van der Waals surface area contributed by atoms with Crippen LogP contribution >= 0.6 is 0 Å². The molecule has 1 nitrogen and oxygen atoms in total. The van der Waals surface area contributed by atoms with Crippen molar-refractivity contribution in [2.24, 2.45) is 0 Å². The third kappa shape index (κ3) is 2.80. The van der Waals surface area contributed by atoms with Crippen molar-refractivity contribution in [3.8, 4) is 0 Å². The summed E-state index contributed by atoms with van der Waals surface area (Å²) in [6, 6.07) is 2.32. The minimum absolute atomic E-state index is 0.154. The molecule has 0 aliphatic heterocycles. The first-order chi connectivity index (χ1) is 6.86. The lowest BCUT2D eigenvalue weighted by molar-refractivity contribution is 0.560. The molecule has 0 aliphatic rings. The lowest BCUT2D eigenvalue weighted by Gasteiger charge is -2.22. The summed E-state index contributed by atoms with van der Waals surface area (Å²) in [5.74, 6) is 0.566. The molecule has 0 unspecified atom stereocenters. The molecule has 84 valence electrons. The molecule has 0 aliphatic carbocycles. The van der Waals surface area contributed by atoms with Crippen LogP contribution in [0.4, 0.5) is 0 Å². The van der Waals surface area contributed by atoms with Crippen LogP contribution in [0, 0.1) is 0 Å². The summed E-state index contributed by atoms with van der Waals surface area (Å²) in [5.41, 5.74) is 4.14. The van der Waals surface area contributed by atoms with Crippen LogP contribution in [0.5, 0.6) is 0 Å². The quantitative estimate of drug-likeness (QED) is 0.709. The zero-order chi connectivity index (χ0) is 11.6. The Balaban J connectivity index is 3.21. The van der Waals surface area contributed by atoms with Gasteiger partial charge < -0.3 is 0 Å². The number of hydrogen-bond acceptors (Lipinski definition) is 1. The van der Waals surface area contributed by atoms with Crippen molar-refractivity contribution in [3.05, 3.63) is 29.1 Å². The molecule has 0 fully saturated rings. The maximum absolute atomic E-state index is 4.64. The van der Waals surface area contributed by atoms with Gasteiger partial charge in [0.2, 0.25) is 0 Å². The molecular formula is C14H23N. The van der Waals surface area contributed by atoms with Gasteiger partial charge in [-0.2, -0.15) is 0 Å². The molecule has 0 amide bonds. The molecule has 1 aromatic heterocycles. The zero-order valence-electron chi connectivity index (χ0n) is 10.9. The zero-order valence-corrected chi connectivity index (χ0v) is 10.9. The molecule has 1 heteroatoms. The highest BCUT2D eigenvalue weighted by molar-refractivity contribution is 5.31. The van der Waals surface area contributed by atoms with Gasteiger partial charge in [0.15, 0.2) is 0 Å². The van der Waals surface area contributed by atoms with E-state index < -0.39 is 0 Å². The predicted octanol–water partition coefficient (Wildman–Crippen LogP) is 4.06. The highest BCUT2D eigenvalue weighted by Gasteiger charge is 2.19. The van der Waals surface area contributed by atoms with Crippen LogP contribution in [-0.4, -0.2) is 4.98 Å². The van der Waals surface area contributed by atoms with E-state index in [2.05, 4.69) is 52.6 Å². The van der Waals surface area contributed by atoms with E-state index in [0.29, 0.717) is 5.92 Å². The third-order valence-corrected chi connectivity index (χ3v) is 2.75. The van der Waals surface area contributed by atoms with E-state index in [1.54, 1.807) is 0 Å². The average molecular weight is 205 g/mol. The van der Waals surface area contributed by atoms with Gasteiger partial charge in [0.05, 0.1) is 0 Å². The van der Waals surface area contributed by atoms with Crippen LogP contribution in [0.1, 0.15) is 64.3 Å². The monoisotopic (exact) mass is 205 g/mol. The van der Waals surface area contributed by atoms with Crippen LogP contribution in [0.2, 0.25) is 0 Å². The summed E-state index contributed by atoms with van der Waals surface area (Å²) in [7, 11) is 0. The van der Waals surface area contributed by atoms with Gasteiger partial charge in [-0.15, -0.1) is 0 Å². The molecule has 0 aromatic carbocycles. The van der Waals surface area contributed by atoms with Gasteiger partial charge in [0.1, 0.15) is 0 Å². The van der Waals surface area contributed by atoms with Crippen LogP contribution in [0.15, 0.2) is 12.3 Å². The van der Waals surface area contributed by atoms with Gasteiger partial charge in [0.25, 0.3) is 0 Å². The van der Waals surface area contributed by atoms with Gasteiger partial charge in [-0.3, -0.25) is 4.98 Å². The second-order valence-corrected chi connectivity index (χ2v) is 5.53. The second-order valence-electron chi connectivity index (χ2n) is 5.53. The Morgan fingerprint density at radius 1 is 1.27 bits per heavy atom. The molecule has 0 atom stereocenters. The van der Waals surface area contributed by atoms with Gasteiger partial charge >= 0.3 is 0 Å². The van der Waals surface area contributed by atoms with Crippen molar-refractivity contribution in [2.75, 3.05) is 0 Å². The van der Waals surface area contributed by atoms with E-state index >= 15 is 0 Å². The Morgan fingerprint density at radius 3 is 2.27 bits per heavy atom. The molecule has 1 aromatic rings. The normalized spacial score (nSPS) is 12.2. The maximum Gasteiger partial charge on any atom is 0.0489 e. The average Bonchev–Trinajstić information content (AvgIpc) is 2.15. The Hall–Kier alpha value is -0.850. The summed E-state index contributed by atoms with van der Waals surface area (Å²) in [5, 5.41) is 0. The van der Waals surface area contributed by atoms with Gasteiger partial charge in [-0.1, -0.05) is 47.6 Å². The van der Waals surface area contributed by atoms with Crippen molar-refractivity contribution >= 4 is 0 Å². The smallest absolute Gasteiger partial charge is 0.0489 e. The molecule has 15 heavy (non-hydrogen) atoms. The molecular weight excluding hydrogens is 182 g/mol. The van der Waals surface area contributed by atoms with Crippen LogP contribution < -0.4 is 0 Å². The van der Waals surface area contributed by atoms with Crippen molar-refractivity contribution in [1.29, 1.82) is 0 Å². The number of nitrogens with zero attached hydrogens (tertiary/aromatic N) is 1. The fourth-order valence-electron chi connectivity index (χ4n) is 1.79. The Kier molecular flexibility index (Phi) is 3.54. The first kappa shape index (κ1) is 12.2. The number of rotatable bonds is 2. The standard InChI is InChI=1S/C14H23N/c1-7-11-8-12(10(2)3)9-15-13(11)14(4,5)6/h8-10H,7H2,1-6H3. The fraction of sp³-hybridized carbons (Fsp3) is 0.643. The molecule has 0 N–H and O–H groups in total. The lowest BCUT2D eigenvalue weighted by atomic mass is 9.86. The molecule has 1 rings (SSSR count).